The van der Waals surface area contributed by atoms with E-state index in [-0.39, 0.29) is 0 Å². The Kier molecular flexibility index (Phi) is 6.18. The van der Waals surface area contributed by atoms with Crippen LogP contribution in [0, 0.1) is 5.92 Å². The summed E-state index contributed by atoms with van der Waals surface area (Å²) in [5.74, 6) is 1.26. The summed E-state index contributed by atoms with van der Waals surface area (Å²) in [6.45, 7) is 3.97. The Hall–Kier alpha value is -2.35. The van der Waals surface area contributed by atoms with Crippen LogP contribution in [-0.2, 0) is 10.0 Å². The van der Waals surface area contributed by atoms with Crippen LogP contribution >= 0.6 is 0 Å². The molecule has 6 nitrogen and oxygen atoms in total. The maximum Gasteiger partial charge on any atom is 0.240 e. The molecule has 2 N–H and O–H groups in total. The quantitative estimate of drug-likeness (QED) is 0.595. The highest BCUT2D eigenvalue weighted by Crippen LogP contribution is 2.20. The van der Waals surface area contributed by atoms with Crippen LogP contribution in [0.3, 0.4) is 0 Å². The van der Waals surface area contributed by atoms with Crippen molar-refractivity contribution in [3.8, 4) is 5.75 Å². The van der Waals surface area contributed by atoms with Crippen LogP contribution in [0.15, 0.2) is 65.7 Å². The van der Waals surface area contributed by atoms with E-state index in [0.29, 0.717) is 24.0 Å². The Morgan fingerprint density at radius 2 is 1.86 bits per heavy atom. The van der Waals surface area contributed by atoms with Gasteiger partial charge in [0.15, 0.2) is 0 Å². The largest absolute Gasteiger partial charge is 0.492 e. The summed E-state index contributed by atoms with van der Waals surface area (Å²) in [4.78, 5) is 5.91. The van der Waals surface area contributed by atoms with Crippen LogP contribution in [0.1, 0.15) is 12.8 Å². The van der Waals surface area contributed by atoms with Gasteiger partial charge in [-0.05, 0) is 67.6 Å². The van der Waals surface area contributed by atoms with Gasteiger partial charge in [-0.3, -0.25) is 4.90 Å². The van der Waals surface area contributed by atoms with Crippen LogP contribution in [-0.4, -0.2) is 51.1 Å². The van der Waals surface area contributed by atoms with Crippen molar-refractivity contribution in [2.45, 2.75) is 17.7 Å². The summed E-state index contributed by atoms with van der Waals surface area (Å²) >= 11 is 0. The molecule has 1 aliphatic rings. The van der Waals surface area contributed by atoms with Crippen molar-refractivity contribution < 1.29 is 13.2 Å². The molecule has 1 fully saturated rings. The van der Waals surface area contributed by atoms with Crippen molar-refractivity contribution in [3.05, 3.63) is 60.8 Å². The topological polar surface area (TPSA) is 74.4 Å². The van der Waals surface area contributed by atoms with Gasteiger partial charge in [0.05, 0.1) is 4.90 Å². The van der Waals surface area contributed by atoms with Crippen molar-refractivity contribution in [1.29, 1.82) is 0 Å². The fourth-order valence-electron chi connectivity index (χ4n) is 3.73. The van der Waals surface area contributed by atoms with E-state index in [2.05, 4.69) is 20.7 Å². The summed E-state index contributed by atoms with van der Waals surface area (Å²) in [7, 11) is -3.42. The maximum absolute atomic E-state index is 12.3. The molecule has 1 aromatic heterocycles. The third kappa shape index (κ3) is 5.18. The summed E-state index contributed by atoms with van der Waals surface area (Å²) in [6.07, 6.45) is 3.91. The average molecular weight is 414 g/mol. The van der Waals surface area contributed by atoms with Gasteiger partial charge in [0.25, 0.3) is 0 Å². The summed E-state index contributed by atoms with van der Waals surface area (Å²) in [6, 6.07) is 16.7. The maximum atomic E-state index is 12.3. The smallest absolute Gasteiger partial charge is 0.240 e. The van der Waals surface area contributed by atoms with Crippen molar-refractivity contribution >= 4 is 20.9 Å². The normalized spacial score (nSPS) is 16.3. The second-order valence-corrected chi connectivity index (χ2v) is 9.29. The van der Waals surface area contributed by atoms with Crippen LogP contribution in [0.2, 0.25) is 0 Å². The minimum atomic E-state index is -3.42. The first kappa shape index (κ1) is 19.9. The van der Waals surface area contributed by atoms with E-state index in [0.717, 1.165) is 43.7 Å². The fraction of sp³-hybridized carbons (Fsp3) is 0.364. The van der Waals surface area contributed by atoms with Gasteiger partial charge in [0.1, 0.15) is 12.4 Å². The number of ether oxygens (including phenoxy) is 1. The number of sulfonamides is 1. The standard InChI is InChI=1S/C22H27N3O3S/c26-29(27,21-4-2-1-3-5-21)24-17-18-9-12-25(13-10-18)14-15-28-20-7-6-19-8-11-23-22(19)16-20/h1-8,11,16,18,23-24H,9-10,12-15,17H2. The van der Waals surface area contributed by atoms with E-state index in [1.54, 1.807) is 24.3 Å². The van der Waals surface area contributed by atoms with Crippen molar-refractivity contribution in [1.82, 2.24) is 14.6 Å². The number of aromatic amines is 1. The van der Waals surface area contributed by atoms with E-state index in [9.17, 15) is 8.42 Å². The lowest BCUT2D eigenvalue weighted by Crippen LogP contribution is -2.40. The predicted molar refractivity (Wildman–Crippen MR) is 115 cm³/mol. The number of H-pyrrole nitrogens is 1. The molecule has 4 rings (SSSR count). The first-order chi connectivity index (χ1) is 14.1. The van der Waals surface area contributed by atoms with Crippen LogP contribution in [0.25, 0.3) is 10.9 Å². The molecule has 29 heavy (non-hydrogen) atoms. The molecular weight excluding hydrogens is 386 g/mol. The highest BCUT2D eigenvalue weighted by molar-refractivity contribution is 7.89. The Labute approximate surface area is 171 Å². The van der Waals surface area contributed by atoms with E-state index >= 15 is 0 Å². The van der Waals surface area contributed by atoms with Crippen molar-refractivity contribution in [2.75, 3.05) is 32.8 Å². The first-order valence-corrected chi connectivity index (χ1v) is 11.6. The monoisotopic (exact) mass is 413 g/mol. The second-order valence-electron chi connectivity index (χ2n) is 7.53. The first-order valence-electron chi connectivity index (χ1n) is 10.1. The van der Waals surface area contributed by atoms with Crippen LogP contribution < -0.4 is 9.46 Å². The van der Waals surface area contributed by atoms with E-state index in [4.69, 9.17) is 4.74 Å². The number of likely N-dealkylation sites (tertiary alicyclic amines) is 1. The lowest BCUT2D eigenvalue weighted by molar-refractivity contribution is 0.156. The molecule has 0 atom stereocenters. The zero-order valence-corrected chi connectivity index (χ0v) is 17.2. The summed E-state index contributed by atoms with van der Waals surface area (Å²) < 4.78 is 33.3. The third-order valence-corrected chi connectivity index (χ3v) is 6.96. The van der Waals surface area contributed by atoms with Gasteiger partial charge >= 0.3 is 0 Å². The Morgan fingerprint density at radius 3 is 2.66 bits per heavy atom. The zero-order chi connectivity index (χ0) is 20.1. The fourth-order valence-corrected chi connectivity index (χ4v) is 4.87. The number of benzene rings is 2. The Bertz CT molecular complexity index is 1030. The van der Waals surface area contributed by atoms with Crippen LogP contribution in [0.4, 0.5) is 0 Å². The average Bonchev–Trinajstić information content (AvgIpc) is 3.22. The zero-order valence-electron chi connectivity index (χ0n) is 16.4. The second kappa shape index (κ2) is 8.98. The molecule has 2 aromatic carbocycles. The number of aromatic nitrogens is 1. The van der Waals surface area contributed by atoms with Gasteiger partial charge < -0.3 is 9.72 Å². The lowest BCUT2D eigenvalue weighted by Gasteiger charge is -2.31. The highest BCUT2D eigenvalue weighted by atomic mass is 32.2. The number of hydrogen-bond donors (Lipinski definition) is 2. The molecule has 0 saturated carbocycles. The third-order valence-electron chi connectivity index (χ3n) is 5.53. The Balaban J connectivity index is 1.17. The van der Waals surface area contributed by atoms with Gasteiger partial charge in [-0.25, -0.2) is 13.1 Å². The number of piperidine rings is 1. The SMILES string of the molecule is O=S(=O)(NCC1CCN(CCOc2ccc3cc[nH]c3c2)CC1)c1ccccc1. The molecule has 0 bridgehead atoms. The lowest BCUT2D eigenvalue weighted by atomic mass is 9.97. The molecule has 0 radical (unpaired) electrons. The number of nitrogens with one attached hydrogen (secondary N) is 2. The van der Waals surface area contributed by atoms with Gasteiger partial charge in [0.2, 0.25) is 10.0 Å². The van der Waals surface area contributed by atoms with Crippen molar-refractivity contribution in [2.24, 2.45) is 5.92 Å². The van der Waals surface area contributed by atoms with Gasteiger partial charge in [-0.1, -0.05) is 18.2 Å². The summed E-state index contributed by atoms with van der Waals surface area (Å²) in [5.41, 5.74) is 1.08. The Morgan fingerprint density at radius 1 is 1.07 bits per heavy atom. The molecule has 0 unspecified atom stereocenters. The molecule has 3 aromatic rings. The summed E-state index contributed by atoms with van der Waals surface area (Å²) in [5, 5.41) is 1.18. The van der Waals surface area contributed by atoms with E-state index < -0.39 is 10.0 Å². The van der Waals surface area contributed by atoms with Gasteiger partial charge in [-0.15, -0.1) is 0 Å². The molecule has 2 heterocycles. The van der Waals surface area contributed by atoms with E-state index in [1.165, 1.54) is 5.39 Å². The number of nitrogens with zero attached hydrogens (tertiary/aromatic N) is 1. The number of fused-ring (bicyclic) bond motifs is 1. The number of hydrogen-bond acceptors (Lipinski definition) is 4. The number of rotatable bonds is 8. The van der Waals surface area contributed by atoms with Crippen molar-refractivity contribution in [3.63, 3.8) is 0 Å². The van der Waals surface area contributed by atoms with Gasteiger partial charge in [0, 0.05) is 30.9 Å². The molecule has 0 aliphatic carbocycles. The molecule has 1 saturated heterocycles. The molecule has 0 amide bonds. The van der Waals surface area contributed by atoms with Gasteiger partial charge in [-0.2, -0.15) is 0 Å². The molecule has 154 valence electrons. The highest BCUT2D eigenvalue weighted by Gasteiger charge is 2.21. The van der Waals surface area contributed by atoms with E-state index in [1.807, 2.05) is 30.5 Å². The molecule has 1 aliphatic heterocycles. The molecular formula is C22H27N3O3S. The molecule has 7 heteroatoms. The minimum absolute atomic E-state index is 0.326. The predicted octanol–water partition coefficient (Wildman–Crippen LogP) is 3.24. The van der Waals surface area contributed by atoms with Crippen LogP contribution in [0.5, 0.6) is 5.75 Å². The minimum Gasteiger partial charge on any atom is -0.492 e. The molecule has 0 spiro atoms.